The zero-order chi connectivity index (χ0) is 21.6. The van der Waals surface area contributed by atoms with Crippen molar-refractivity contribution in [2.24, 2.45) is 0 Å². The number of pyridine rings is 1. The summed E-state index contributed by atoms with van der Waals surface area (Å²) in [6.07, 6.45) is 0.643. The normalized spacial score (nSPS) is 11.2. The molecule has 0 bridgehead atoms. The monoisotopic (exact) mass is 494 g/mol. The number of nitrogens with zero attached hydrogens (tertiary/aromatic N) is 3. The lowest BCUT2D eigenvalue weighted by atomic mass is 10.0. The number of H-pyrrole nitrogens is 1. The van der Waals surface area contributed by atoms with E-state index in [-0.39, 0.29) is 30.6 Å². The molecular formula is C23H16Cl2F4N4. The third-order valence-corrected chi connectivity index (χ3v) is 5.06. The SMILES string of the molecule is Cl.Cl.Fc1ccc(-c2n[nH]cc2-c2ccc3ncc(-c4cccc(C(F)(F)F)c4)n3c2)cc1. The minimum absolute atomic E-state index is 0. The number of alkyl halides is 3. The number of hydrogen-bond donors (Lipinski definition) is 1. The average Bonchev–Trinajstić information content (AvgIpc) is 3.40. The second-order valence-electron chi connectivity index (χ2n) is 7.02. The van der Waals surface area contributed by atoms with E-state index in [2.05, 4.69) is 15.2 Å². The van der Waals surface area contributed by atoms with Crippen LogP contribution in [0.1, 0.15) is 5.56 Å². The van der Waals surface area contributed by atoms with Gasteiger partial charge >= 0.3 is 6.18 Å². The molecule has 0 aliphatic heterocycles. The van der Waals surface area contributed by atoms with Crippen LogP contribution in [0.15, 0.2) is 79.3 Å². The number of imidazole rings is 1. The molecule has 10 heteroatoms. The molecule has 0 atom stereocenters. The van der Waals surface area contributed by atoms with Crippen molar-refractivity contribution in [3.63, 3.8) is 0 Å². The lowest BCUT2D eigenvalue weighted by molar-refractivity contribution is -0.137. The van der Waals surface area contributed by atoms with Crippen molar-refractivity contribution in [3.05, 3.63) is 90.6 Å². The minimum atomic E-state index is -4.43. The topological polar surface area (TPSA) is 46.0 Å². The van der Waals surface area contributed by atoms with Gasteiger partial charge in [-0.2, -0.15) is 18.3 Å². The summed E-state index contributed by atoms with van der Waals surface area (Å²) in [5.74, 6) is -0.341. The summed E-state index contributed by atoms with van der Waals surface area (Å²) in [4.78, 5) is 4.32. The predicted molar refractivity (Wildman–Crippen MR) is 123 cm³/mol. The zero-order valence-electron chi connectivity index (χ0n) is 16.7. The van der Waals surface area contributed by atoms with Gasteiger partial charge in [0.15, 0.2) is 0 Å². The van der Waals surface area contributed by atoms with E-state index in [0.29, 0.717) is 22.6 Å². The highest BCUT2D eigenvalue weighted by molar-refractivity contribution is 5.85. The summed E-state index contributed by atoms with van der Waals surface area (Å²) < 4.78 is 54.5. The number of aromatic amines is 1. The summed E-state index contributed by atoms with van der Waals surface area (Å²) in [6.45, 7) is 0. The summed E-state index contributed by atoms with van der Waals surface area (Å²) in [5.41, 5.74) is 3.76. The standard InChI is InChI=1S/C23H14F4N4.2ClH/c24-18-7-4-14(5-8-18)22-19(11-29-30-22)16-6-9-21-28-12-20(31(21)13-16)15-2-1-3-17(10-15)23(25,26)27;;/h1-13H,(H,29,30);2*1H. The second-order valence-corrected chi connectivity index (χ2v) is 7.02. The minimum Gasteiger partial charge on any atom is -0.299 e. The first-order valence-electron chi connectivity index (χ1n) is 9.35. The molecule has 5 aromatic rings. The number of rotatable bonds is 3. The number of benzene rings is 2. The van der Waals surface area contributed by atoms with Gasteiger partial charge in [0.05, 0.1) is 23.1 Å². The van der Waals surface area contributed by atoms with Gasteiger partial charge in [0, 0.05) is 34.6 Å². The lowest BCUT2D eigenvalue weighted by Gasteiger charge is -2.09. The van der Waals surface area contributed by atoms with Crippen LogP contribution in [-0.4, -0.2) is 19.6 Å². The third kappa shape index (κ3) is 4.58. The fourth-order valence-corrected chi connectivity index (χ4v) is 3.55. The van der Waals surface area contributed by atoms with Crippen molar-refractivity contribution in [2.45, 2.75) is 6.18 Å². The molecule has 33 heavy (non-hydrogen) atoms. The Morgan fingerprint density at radius 2 is 1.58 bits per heavy atom. The van der Waals surface area contributed by atoms with Gasteiger partial charge in [0.2, 0.25) is 0 Å². The Labute approximate surface area is 198 Å². The fourth-order valence-electron chi connectivity index (χ4n) is 3.55. The molecule has 0 spiro atoms. The van der Waals surface area contributed by atoms with Crippen LogP contribution in [-0.2, 0) is 6.18 Å². The summed E-state index contributed by atoms with van der Waals surface area (Å²) >= 11 is 0. The Morgan fingerprint density at radius 3 is 2.30 bits per heavy atom. The van der Waals surface area contributed by atoms with Crippen molar-refractivity contribution in [1.29, 1.82) is 0 Å². The van der Waals surface area contributed by atoms with E-state index < -0.39 is 11.7 Å². The number of halogens is 6. The summed E-state index contributed by atoms with van der Waals surface area (Å²) in [7, 11) is 0. The van der Waals surface area contributed by atoms with E-state index in [1.807, 2.05) is 6.07 Å². The van der Waals surface area contributed by atoms with Crippen molar-refractivity contribution in [1.82, 2.24) is 19.6 Å². The molecule has 1 N–H and O–H groups in total. The Bertz CT molecular complexity index is 1390. The fraction of sp³-hybridized carbons (Fsp3) is 0.0435. The molecule has 0 amide bonds. The van der Waals surface area contributed by atoms with E-state index >= 15 is 0 Å². The molecule has 170 valence electrons. The average molecular weight is 495 g/mol. The van der Waals surface area contributed by atoms with Crippen LogP contribution < -0.4 is 0 Å². The van der Waals surface area contributed by atoms with Crippen molar-refractivity contribution in [3.8, 4) is 33.6 Å². The molecule has 0 saturated heterocycles. The maximum absolute atomic E-state index is 13.3. The van der Waals surface area contributed by atoms with Crippen LogP contribution in [0.25, 0.3) is 39.3 Å². The first kappa shape index (κ1) is 24.3. The number of nitrogens with one attached hydrogen (secondary N) is 1. The van der Waals surface area contributed by atoms with E-state index in [1.165, 1.54) is 18.2 Å². The van der Waals surface area contributed by atoms with Gasteiger partial charge in [-0.1, -0.05) is 12.1 Å². The van der Waals surface area contributed by atoms with Crippen molar-refractivity contribution >= 4 is 30.5 Å². The van der Waals surface area contributed by atoms with E-state index in [0.717, 1.165) is 28.8 Å². The van der Waals surface area contributed by atoms with Crippen LogP contribution in [0.4, 0.5) is 17.6 Å². The van der Waals surface area contributed by atoms with Gasteiger partial charge in [0.25, 0.3) is 0 Å². The molecule has 0 unspecified atom stereocenters. The summed E-state index contributed by atoms with van der Waals surface area (Å²) in [6, 6.07) is 14.8. The van der Waals surface area contributed by atoms with Crippen molar-refractivity contribution in [2.75, 3.05) is 0 Å². The van der Waals surface area contributed by atoms with Crippen LogP contribution in [0.5, 0.6) is 0 Å². The highest BCUT2D eigenvalue weighted by Gasteiger charge is 2.30. The largest absolute Gasteiger partial charge is 0.416 e. The maximum Gasteiger partial charge on any atom is 0.416 e. The summed E-state index contributed by atoms with van der Waals surface area (Å²) in [5, 5.41) is 7.11. The molecule has 2 aromatic carbocycles. The maximum atomic E-state index is 13.3. The Morgan fingerprint density at radius 1 is 0.848 bits per heavy atom. The van der Waals surface area contributed by atoms with Gasteiger partial charge in [0.1, 0.15) is 11.5 Å². The molecule has 0 aliphatic carbocycles. The highest BCUT2D eigenvalue weighted by Crippen LogP contribution is 2.34. The zero-order valence-corrected chi connectivity index (χ0v) is 18.3. The highest BCUT2D eigenvalue weighted by atomic mass is 35.5. The van der Waals surface area contributed by atoms with Crippen LogP contribution >= 0.6 is 24.8 Å². The van der Waals surface area contributed by atoms with Gasteiger partial charge in [-0.25, -0.2) is 9.37 Å². The number of aromatic nitrogens is 4. The molecule has 0 aliphatic rings. The van der Waals surface area contributed by atoms with E-state index in [9.17, 15) is 17.6 Å². The van der Waals surface area contributed by atoms with E-state index in [1.54, 1.807) is 47.3 Å². The quantitative estimate of drug-likeness (QED) is 0.273. The predicted octanol–water partition coefficient (Wildman–Crippen LogP) is 7.06. The molecule has 4 nitrogen and oxygen atoms in total. The van der Waals surface area contributed by atoms with Gasteiger partial charge in [-0.15, -0.1) is 24.8 Å². The lowest BCUT2D eigenvalue weighted by Crippen LogP contribution is -2.04. The molecule has 3 aromatic heterocycles. The Kier molecular flexibility index (Phi) is 6.81. The molecule has 5 rings (SSSR count). The molecular weight excluding hydrogens is 479 g/mol. The van der Waals surface area contributed by atoms with Crippen LogP contribution in [0.3, 0.4) is 0 Å². The van der Waals surface area contributed by atoms with Gasteiger partial charge < -0.3 is 0 Å². The number of hydrogen-bond acceptors (Lipinski definition) is 2. The van der Waals surface area contributed by atoms with Crippen LogP contribution in [0, 0.1) is 5.82 Å². The van der Waals surface area contributed by atoms with Crippen molar-refractivity contribution < 1.29 is 17.6 Å². The van der Waals surface area contributed by atoms with Crippen LogP contribution in [0.2, 0.25) is 0 Å². The van der Waals surface area contributed by atoms with E-state index in [4.69, 9.17) is 0 Å². The molecule has 0 radical (unpaired) electrons. The first-order chi connectivity index (χ1) is 14.9. The number of fused-ring (bicyclic) bond motifs is 1. The third-order valence-electron chi connectivity index (χ3n) is 5.06. The molecule has 0 fully saturated rings. The molecule has 3 heterocycles. The van der Waals surface area contributed by atoms with Gasteiger partial charge in [-0.05, 0) is 48.5 Å². The van der Waals surface area contributed by atoms with Gasteiger partial charge in [-0.3, -0.25) is 9.50 Å². The Hall–Kier alpha value is -3.36. The second kappa shape index (κ2) is 9.25. The first-order valence-corrected chi connectivity index (χ1v) is 9.35. The molecule has 0 saturated carbocycles. The smallest absolute Gasteiger partial charge is 0.299 e. The Balaban J connectivity index is 0.00000153.